The van der Waals surface area contributed by atoms with Gasteiger partial charge in [0.1, 0.15) is 24.1 Å². The zero-order valence-electron chi connectivity index (χ0n) is 24.8. The maximum atomic E-state index is 12.8. The molecule has 2 aromatic carbocycles. The number of phenols is 4. The van der Waals surface area contributed by atoms with Gasteiger partial charge in [0.15, 0.2) is 23.0 Å². The van der Waals surface area contributed by atoms with E-state index in [-0.39, 0.29) is 53.9 Å². The first-order valence-electron chi connectivity index (χ1n) is 13.9. The monoisotopic (exact) mass is 579 g/mol. The molecule has 2 bridgehead atoms. The standard InChI is InChI=1S/C31H37N3O8/c1-8-13(2)31(39)42-12-21-22-16(25(35)14(3)29(40-6)27(22)37)10-19-24-23-17(26(36)15(4)30(41-7)28(23)38)9-18(33(24)5)20(11-32)34(19)21/h8,18-21,24,35-38H,9-10,12H2,1-7H3/b13-8-/t18-,19-,20-,21-,24-/m0/s1. The van der Waals surface area contributed by atoms with Crippen LogP contribution in [-0.2, 0) is 22.4 Å². The van der Waals surface area contributed by atoms with E-state index >= 15 is 0 Å². The minimum Gasteiger partial charge on any atom is -0.507 e. The number of carbonyl (C=O) groups excluding carboxylic acids is 1. The van der Waals surface area contributed by atoms with Gasteiger partial charge in [-0.1, -0.05) is 6.08 Å². The van der Waals surface area contributed by atoms with E-state index in [9.17, 15) is 30.5 Å². The number of rotatable bonds is 5. The number of phenolic OH excluding ortho intramolecular Hbond substituents is 4. The van der Waals surface area contributed by atoms with Crippen molar-refractivity contribution in [1.29, 1.82) is 5.26 Å². The number of methoxy groups -OCH3 is 2. The molecule has 3 heterocycles. The Morgan fingerprint density at radius 3 is 2.00 bits per heavy atom. The third-order valence-electron chi connectivity index (χ3n) is 9.43. The Bertz CT molecular complexity index is 1540. The third kappa shape index (κ3) is 3.96. The summed E-state index contributed by atoms with van der Waals surface area (Å²) in [6.45, 7) is 6.45. The highest BCUT2D eigenvalue weighted by atomic mass is 16.5. The van der Waals surface area contributed by atoms with Crippen LogP contribution >= 0.6 is 0 Å². The predicted molar refractivity (Wildman–Crippen MR) is 152 cm³/mol. The summed E-state index contributed by atoms with van der Waals surface area (Å²) in [4.78, 5) is 16.7. The predicted octanol–water partition coefficient (Wildman–Crippen LogP) is 3.42. The molecule has 11 nitrogen and oxygen atoms in total. The third-order valence-corrected chi connectivity index (χ3v) is 9.43. The fraction of sp³-hybridized carbons (Fsp3) is 0.484. The lowest BCUT2D eigenvalue weighted by Crippen LogP contribution is -2.68. The second kappa shape index (κ2) is 10.6. The Hall–Kier alpha value is -4.14. The highest BCUT2D eigenvalue weighted by molar-refractivity contribution is 5.87. The van der Waals surface area contributed by atoms with Crippen molar-refractivity contribution in [2.24, 2.45) is 0 Å². The number of likely N-dealkylation sites (N-methyl/N-ethyl adjacent to an activating group) is 1. The number of carbonyl (C=O) groups is 1. The number of nitrogens with zero attached hydrogens (tertiary/aromatic N) is 3. The number of hydrogen-bond acceptors (Lipinski definition) is 11. The molecular formula is C31H37N3O8. The van der Waals surface area contributed by atoms with Crippen molar-refractivity contribution >= 4 is 5.97 Å². The molecule has 4 N–H and O–H groups in total. The fourth-order valence-electron chi connectivity index (χ4n) is 7.24. The minimum absolute atomic E-state index is 0.0116. The smallest absolute Gasteiger partial charge is 0.333 e. The Balaban J connectivity index is 1.78. The molecule has 5 rings (SSSR count). The number of ether oxygens (including phenoxy) is 3. The molecule has 0 unspecified atom stereocenters. The molecule has 0 radical (unpaired) electrons. The zero-order chi connectivity index (χ0) is 30.8. The SMILES string of the molecule is C/C=C(/C)C(=O)OC[C@H]1c2c(O)c(OC)c(C)c(O)c2C[C@H]2[C@H]3c4c(O)c(OC)c(C)c(O)c4C[C@@H]([C@H](C#N)N12)N3C. The van der Waals surface area contributed by atoms with Crippen LogP contribution in [0, 0.1) is 25.2 Å². The van der Waals surface area contributed by atoms with Gasteiger partial charge in [-0.15, -0.1) is 0 Å². The molecule has 5 atom stereocenters. The summed E-state index contributed by atoms with van der Waals surface area (Å²) in [5, 5.41) is 56.2. The van der Waals surface area contributed by atoms with Crippen molar-refractivity contribution < 1.29 is 39.4 Å². The summed E-state index contributed by atoms with van der Waals surface area (Å²) in [6.07, 6.45) is 2.09. The van der Waals surface area contributed by atoms with E-state index in [2.05, 4.69) is 6.07 Å². The van der Waals surface area contributed by atoms with Crippen LogP contribution < -0.4 is 9.47 Å². The Morgan fingerprint density at radius 1 is 0.952 bits per heavy atom. The normalized spacial score (nSPS) is 25.1. The molecule has 2 aromatic rings. The molecule has 224 valence electrons. The van der Waals surface area contributed by atoms with Crippen LogP contribution in [0.5, 0.6) is 34.5 Å². The Kier molecular flexibility index (Phi) is 7.41. The van der Waals surface area contributed by atoms with Crippen LogP contribution in [-0.4, -0.2) is 82.2 Å². The van der Waals surface area contributed by atoms with E-state index in [0.717, 1.165) is 0 Å². The van der Waals surface area contributed by atoms with Crippen molar-refractivity contribution in [1.82, 2.24) is 9.80 Å². The largest absolute Gasteiger partial charge is 0.507 e. The molecule has 42 heavy (non-hydrogen) atoms. The summed E-state index contributed by atoms with van der Waals surface area (Å²) < 4.78 is 16.7. The van der Waals surface area contributed by atoms with Gasteiger partial charge in [0.05, 0.1) is 32.4 Å². The highest BCUT2D eigenvalue weighted by Crippen LogP contribution is 2.58. The fourth-order valence-corrected chi connectivity index (χ4v) is 7.24. The number of allylic oxidation sites excluding steroid dienone is 1. The number of hydrogen-bond donors (Lipinski definition) is 4. The number of aromatic hydroxyl groups is 4. The average molecular weight is 580 g/mol. The van der Waals surface area contributed by atoms with Gasteiger partial charge in [-0.05, 0) is 47.6 Å². The second-order valence-electron chi connectivity index (χ2n) is 11.3. The van der Waals surface area contributed by atoms with Crippen molar-refractivity contribution in [2.75, 3.05) is 27.9 Å². The molecule has 0 spiro atoms. The first-order chi connectivity index (χ1) is 19.9. The Morgan fingerprint density at radius 2 is 1.48 bits per heavy atom. The van der Waals surface area contributed by atoms with Crippen molar-refractivity contribution in [3.8, 4) is 40.6 Å². The number of nitriles is 1. The van der Waals surface area contributed by atoms with Gasteiger partial charge in [0.25, 0.3) is 0 Å². The van der Waals surface area contributed by atoms with Gasteiger partial charge in [-0.3, -0.25) is 9.80 Å². The number of benzene rings is 2. The molecule has 0 aliphatic carbocycles. The maximum Gasteiger partial charge on any atom is 0.333 e. The van der Waals surface area contributed by atoms with Gasteiger partial charge in [0, 0.05) is 51.0 Å². The van der Waals surface area contributed by atoms with Crippen LogP contribution in [0.1, 0.15) is 59.3 Å². The molecule has 3 aliphatic heterocycles. The summed E-state index contributed by atoms with van der Waals surface area (Å²) in [7, 11) is 4.69. The van der Waals surface area contributed by atoms with Crippen molar-refractivity contribution in [3.63, 3.8) is 0 Å². The molecule has 1 saturated heterocycles. The molecule has 0 aromatic heterocycles. The van der Waals surface area contributed by atoms with Gasteiger partial charge in [-0.25, -0.2) is 4.79 Å². The van der Waals surface area contributed by atoms with E-state index in [4.69, 9.17) is 14.2 Å². The summed E-state index contributed by atoms with van der Waals surface area (Å²) in [5.41, 5.74) is 2.96. The van der Waals surface area contributed by atoms with E-state index in [1.165, 1.54) is 14.2 Å². The van der Waals surface area contributed by atoms with Crippen LogP contribution in [0.3, 0.4) is 0 Å². The van der Waals surface area contributed by atoms with E-state index in [0.29, 0.717) is 39.0 Å². The van der Waals surface area contributed by atoms with Gasteiger partial charge in [0.2, 0.25) is 0 Å². The molecule has 1 fully saturated rings. The topological polar surface area (TPSA) is 156 Å². The zero-order valence-corrected chi connectivity index (χ0v) is 24.8. The van der Waals surface area contributed by atoms with E-state index in [1.807, 2.05) is 16.8 Å². The molecular weight excluding hydrogens is 542 g/mol. The van der Waals surface area contributed by atoms with Crippen molar-refractivity contribution in [3.05, 3.63) is 45.0 Å². The van der Waals surface area contributed by atoms with Gasteiger partial charge in [-0.2, -0.15) is 5.26 Å². The average Bonchev–Trinajstić information content (AvgIpc) is 2.97. The minimum atomic E-state index is -0.833. The first kappa shape index (κ1) is 29.4. The van der Waals surface area contributed by atoms with E-state index < -0.39 is 36.2 Å². The number of esters is 1. The number of piperazine rings is 1. The lowest BCUT2D eigenvalue weighted by molar-refractivity contribution is -0.144. The lowest BCUT2D eigenvalue weighted by Gasteiger charge is -2.59. The summed E-state index contributed by atoms with van der Waals surface area (Å²) in [6, 6.07) is -0.656. The maximum absolute atomic E-state index is 12.8. The highest BCUT2D eigenvalue weighted by Gasteiger charge is 2.57. The van der Waals surface area contributed by atoms with Crippen molar-refractivity contribution in [2.45, 2.75) is 70.7 Å². The van der Waals surface area contributed by atoms with E-state index in [1.54, 1.807) is 33.8 Å². The molecule has 0 saturated carbocycles. The van der Waals surface area contributed by atoms with Crippen LogP contribution in [0.15, 0.2) is 11.6 Å². The van der Waals surface area contributed by atoms with Crippen LogP contribution in [0.25, 0.3) is 0 Å². The first-order valence-corrected chi connectivity index (χ1v) is 13.9. The molecule has 0 amide bonds. The van der Waals surface area contributed by atoms with Crippen LogP contribution in [0.2, 0.25) is 0 Å². The molecule has 11 heteroatoms. The second-order valence-corrected chi connectivity index (χ2v) is 11.3. The van der Waals surface area contributed by atoms with Gasteiger partial charge < -0.3 is 34.6 Å². The van der Waals surface area contributed by atoms with Crippen LogP contribution in [0.4, 0.5) is 0 Å². The lowest BCUT2D eigenvalue weighted by atomic mass is 9.71. The summed E-state index contributed by atoms with van der Waals surface area (Å²) >= 11 is 0. The summed E-state index contributed by atoms with van der Waals surface area (Å²) in [5.74, 6) is -0.619. The van der Waals surface area contributed by atoms with Gasteiger partial charge >= 0.3 is 5.97 Å². The Labute approximate surface area is 244 Å². The quantitative estimate of drug-likeness (QED) is 0.234. The molecule has 3 aliphatic rings. The number of fused-ring (bicyclic) bond motifs is 7.